The van der Waals surface area contributed by atoms with Crippen LogP contribution in [0.5, 0.6) is 0 Å². The zero-order chi connectivity index (χ0) is 12.7. The minimum absolute atomic E-state index is 0.210. The van der Waals surface area contributed by atoms with Gasteiger partial charge in [0.25, 0.3) is 0 Å². The Hall–Kier alpha value is -0.520. The van der Waals surface area contributed by atoms with Crippen LogP contribution in [0.1, 0.15) is 12.5 Å². The van der Waals surface area contributed by atoms with Gasteiger partial charge < -0.3 is 10.1 Å². The van der Waals surface area contributed by atoms with Gasteiger partial charge in [0.05, 0.1) is 12.9 Å². The monoisotopic (exact) mass is 317 g/mol. The molecule has 0 saturated carbocycles. The number of esters is 1. The topological polar surface area (TPSA) is 38.3 Å². The first-order valence-electron chi connectivity index (χ1n) is 5.36. The molecule has 0 fully saturated rings. The number of hydrogen-bond donors (Lipinski definition) is 1. The molecule has 0 radical (unpaired) electrons. The van der Waals surface area contributed by atoms with Crippen molar-refractivity contribution in [1.82, 2.24) is 5.32 Å². The van der Waals surface area contributed by atoms with Crippen molar-refractivity contribution < 1.29 is 9.53 Å². The van der Waals surface area contributed by atoms with E-state index in [9.17, 15) is 4.79 Å². The first-order chi connectivity index (χ1) is 8.17. The highest BCUT2D eigenvalue weighted by molar-refractivity contribution is 9.10. The van der Waals surface area contributed by atoms with Crippen LogP contribution in [-0.2, 0) is 16.1 Å². The highest BCUT2D eigenvalue weighted by Gasteiger charge is 2.06. The van der Waals surface area contributed by atoms with Gasteiger partial charge in [0.15, 0.2) is 0 Å². The fourth-order valence-electron chi connectivity index (χ4n) is 1.24. The van der Waals surface area contributed by atoms with Crippen LogP contribution in [0.2, 0.25) is 0 Å². The van der Waals surface area contributed by atoms with Crippen molar-refractivity contribution in [3.05, 3.63) is 28.2 Å². The van der Waals surface area contributed by atoms with Crippen LogP contribution in [0.3, 0.4) is 0 Å². The van der Waals surface area contributed by atoms with Crippen molar-refractivity contribution in [3.63, 3.8) is 0 Å². The van der Waals surface area contributed by atoms with Crippen LogP contribution in [0.25, 0.3) is 0 Å². The predicted octanol–water partition coefficient (Wildman–Crippen LogP) is 2.82. The lowest BCUT2D eigenvalue weighted by Gasteiger charge is -2.07. The van der Waals surface area contributed by atoms with Gasteiger partial charge in [0, 0.05) is 15.9 Å². The summed E-state index contributed by atoms with van der Waals surface area (Å²) in [6, 6.07) is 6.15. The molecule has 0 bridgehead atoms. The Kier molecular flexibility index (Phi) is 6.62. The SMILES string of the molecule is CCNCc1ccc(SCC(=O)OC)c(Br)c1. The molecule has 3 nitrogen and oxygen atoms in total. The second-order valence-corrected chi connectivity index (χ2v) is 5.28. The quantitative estimate of drug-likeness (QED) is 0.647. The van der Waals surface area contributed by atoms with Crippen LogP contribution >= 0.6 is 27.7 Å². The van der Waals surface area contributed by atoms with Crippen LogP contribution in [0, 0.1) is 0 Å². The first-order valence-corrected chi connectivity index (χ1v) is 7.14. The number of benzene rings is 1. The molecule has 0 aliphatic carbocycles. The standard InChI is InChI=1S/C12H16BrNO2S/c1-3-14-7-9-4-5-11(10(13)6-9)17-8-12(15)16-2/h4-6,14H,3,7-8H2,1-2H3. The summed E-state index contributed by atoms with van der Waals surface area (Å²) >= 11 is 4.98. The Bertz CT molecular complexity index is 385. The van der Waals surface area contributed by atoms with Gasteiger partial charge in [-0.2, -0.15) is 0 Å². The van der Waals surface area contributed by atoms with Gasteiger partial charge >= 0.3 is 5.97 Å². The molecule has 0 spiro atoms. The summed E-state index contributed by atoms with van der Waals surface area (Å²) in [5.74, 6) is 0.125. The molecule has 17 heavy (non-hydrogen) atoms. The molecular weight excluding hydrogens is 302 g/mol. The van der Waals surface area contributed by atoms with E-state index < -0.39 is 0 Å². The number of hydrogen-bond acceptors (Lipinski definition) is 4. The van der Waals surface area contributed by atoms with E-state index in [1.807, 2.05) is 6.07 Å². The molecule has 1 aromatic rings. The maximum atomic E-state index is 11.0. The van der Waals surface area contributed by atoms with E-state index in [1.165, 1.54) is 24.4 Å². The second-order valence-electron chi connectivity index (χ2n) is 3.41. The zero-order valence-electron chi connectivity index (χ0n) is 9.96. The number of carbonyl (C=O) groups excluding carboxylic acids is 1. The lowest BCUT2D eigenvalue weighted by molar-refractivity contribution is -0.137. The van der Waals surface area contributed by atoms with Gasteiger partial charge in [-0.15, -0.1) is 11.8 Å². The molecule has 0 aliphatic rings. The minimum Gasteiger partial charge on any atom is -0.468 e. The van der Waals surface area contributed by atoms with Gasteiger partial charge in [0.2, 0.25) is 0 Å². The molecule has 0 amide bonds. The lowest BCUT2D eigenvalue weighted by Crippen LogP contribution is -2.11. The molecule has 1 aromatic carbocycles. The smallest absolute Gasteiger partial charge is 0.315 e. The van der Waals surface area contributed by atoms with E-state index in [0.29, 0.717) is 5.75 Å². The normalized spacial score (nSPS) is 10.3. The fourth-order valence-corrected chi connectivity index (χ4v) is 2.76. The molecule has 0 atom stereocenters. The number of thioether (sulfide) groups is 1. The van der Waals surface area contributed by atoms with Crippen molar-refractivity contribution >= 4 is 33.7 Å². The summed E-state index contributed by atoms with van der Waals surface area (Å²) in [5.41, 5.74) is 1.22. The number of halogens is 1. The number of nitrogens with one attached hydrogen (secondary N) is 1. The van der Waals surface area contributed by atoms with E-state index in [2.05, 4.69) is 45.0 Å². The third kappa shape index (κ3) is 5.10. The van der Waals surface area contributed by atoms with E-state index >= 15 is 0 Å². The molecule has 0 saturated heterocycles. The highest BCUT2D eigenvalue weighted by Crippen LogP contribution is 2.28. The second kappa shape index (κ2) is 7.74. The van der Waals surface area contributed by atoms with Crippen molar-refractivity contribution in [2.45, 2.75) is 18.4 Å². The van der Waals surface area contributed by atoms with Crippen LogP contribution in [0.4, 0.5) is 0 Å². The molecule has 0 aromatic heterocycles. The third-order valence-corrected chi connectivity index (χ3v) is 4.11. The van der Waals surface area contributed by atoms with Gasteiger partial charge in [-0.1, -0.05) is 13.0 Å². The summed E-state index contributed by atoms with van der Waals surface area (Å²) < 4.78 is 5.62. The van der Waals surface area contributed by atoms with Crippen molar-refractivity contribution in [1.29, 1.82) is 0 Å². The van der Waals surface area contributed by atoms with Gasteiger partial charge in [0.1, 0.15) is 0 Å². The Labute approximate surface area is 114 Å². The van der Waals surface area contributed by atoms with Crippen LogP contribution in [-0.4, -0.2) is 25.4 Å². The van der Waals surface area contributed by atoms with Crippen LogP contribution < -0.4 is 5.32 Å². The Morgan fingerprint density at radius 1 is 1.53 bits per heavy atom. The largest absolute Gasteiger partial charge is 0.468 e. The van der Waals surface area contributed by atoms with E-state index in [1.54, 1.807) is 0 Å². The average Bonchev–Trinajstić information content (AvgIpc) is 2.34. The predicted molar refractivity (Wildman–Crippen MR) is 74.3 cm³/mol. The van der Waals surface area contributed by atoms with Crippen molar-refractivity contribution in [3.8, 4) is 0 Å². The third-order valence-electron chi connectivity index (χ3n) is 2.15. The molecule has 0 aliphatic heterocycles. The number of ether oxygens (including phenoxy) is 1. The first kappa shape index (κ1) is 14.5. The Morgan fingerprint density at radius 2 is 2.29 bits per heavy atom. The van der Waals surface area contributed by atoms with E-state index in [-0.39, 0.29) is 5.97 Å². The maximum absolute atomic E-state index is 11.0. The van der Waals surface area contributed by atoms with Gasteiger partial charge in [-0.05, 0) is 40.2 Å². The number of carbonyl (C=O) groups is 1. The maximum Gasteiger partial charge on any atom is 0.315 e. The van der Waals surface area contributed by atoms with E-state index in [0.717, 1.165) is 22.5 Å². The summed E-state index contributed by atoms with van der Waals surface area (Å²) in [5, 5.41) is 3.27. The Morgan fingerprint density at radius 3 is 2.88 bits per heavy atom. The van der Waals surface area contributed by atoms with Gasteiger partial charge in [-0.3, -0.25) is 4.79 Å². The fraction of sp³-hybridized carbons (Fsp3) is 0.417. The minimum atomic E-state index is -0.210. The zero-order valence-corrected chi connectivity index (χ0v) is 12.4. The van der Waals surface area contributed by atoms with Gasteiger partial charge in [-0.25, -0.2) is 0 Å². The molecule has 94 valence electrons. The number of methoxy groups -OCH3 is 1. The summed E-state index contributed by atoms with van der Waals surface area (Å²) in [4.78, 5) is 12.1. The number of rotatable bonds is 6. The highest BCUT2D eigenvalue weighted by atomic mass is 79.9. The molecule has 5 heteroatoms. The van der Waals surface area contributed by atoms with E-state index in [4.69, 9.17) is 0 Å². The lowest BCUT2D eigenvalue weighted by atomic mass is 10.2. The molecular formula is C12H16BrNO2S. The average molecular weight is 318 g/mol. The summed E-state index contributed by atoms with van der Waals surface area (Å²) in [7, 11) is 1.40. The van der Waals surface area contributed by atoms with Crippen molar-refractivity contribution in [2.24, 2.45) is 0 Å². The Balaban J connectivity index is 2.59. The molecule has 0 heterocycles. The summed E-state index contributed by atoms with van der Waals surface area (Å²) in [6.07, 6.45) is 0. The molecule has 1 N–H and O–H groups in total. The molecule has 0 unspecified atom stereocenters. The molecule has 1 rings (SSSR count). The van der Waals surface area contributed by atoms with Crippen molar-refractivity contribution in [2.75, 3.05) is 19.4 Å². The summed E-state index contributed by atoms with van der Waals surface area (Å²) in [6.45, 7) is 3.89. The van der Waals surface area contributed by atoms with Crippen LogP contribution in [0.15, 0.2) is 27.6 Å².